The lowest BCUT2D eigenvalue weighted by Gasteiger charge is -2.10. The van der Waals surface area contributed by atoms with Crippen molar-refractivity contribution in [1.29, 1.82) is 0 Å². The maximum Gasteiger partial charge on any atom is 0.273 e. The number of nitrogens with zero attached hydrogens (tertiary/aromatic N) is 1. The smallest absolute Gasteiger partial charge is 0.273 e. The number of nitro groups is 1. The zero-order valence-corrected chi connectivity index (χ0v) is 13.1. The molecular formula is C13H8BrCl2NO3. The number of halogens is 3. The summed E-state index contributed by atoms with van der Waals surface area (Å²) in [6.07, 6.45) is 0. The van der Waals surface area contributed by atoms with Gasteiger partial charge in [-0.05, 0) is 39.7 Å². The molecule has 0 N–H and O–H groups in total. The van der Waals surface area contributed by atoms with E-state index in [-0.39, 0.29) is 5.69 Å². The van der Waals surface area contributed by atoms with Gasteiger partial charge in [-0.3, -0.25) is 10.1 Å². The van der Waals surface area contributed by atoms with Crippen LogP contribution >= 0.6 is 39.1 Å². The van der Waals surface area contributed by atoms with Crippen molar-refractivity contribution in [2.24, 2.45) is 0 Å². The van der Waals surface area contributed by atoms with Gasteiger partial charge in [0.25, 0.3) is 5.69 Å². The standard InChI is InChI=1S/C13H8BrCl2NO3/c14-10-3-2-9(17(18)19)6-13(10)20-12-4-1-8(7-15)5-11(12)16/h1-6H,7H2. The van der Waals surface area contributed by atoms with Crippen molar-refractivity contribution in [3.8, 4) is 11.5 Å². The monoisotopic (exact) mass is 375 g/mol. The molecule has 2 rings (SSSR count). The molecule has 2 aromatic carbocycles. The largest absolute Gasteiger partial charge is 0.454 e. The summed E-state index contributed by atoms with van der Waals surface area (Å²) in [5.74, 6) is 1.07. The minimum Gasteiger partial charge on any atom is -0.454 e. The molecule has 0 atom stereocenters. The topological polar surface area (TPSA) is 52.4 Å². The van der Waals surface area contributed by atoms with E-state index in [4.69, 9.17) is 27.9 Å². The van der Waals surface area contributed by atoms with E-state index in [1.807, 2.05) is 0 Å². The number of ether oxygens (including phenoxy) is 1. The Morgan fingerprint density at radius 3 is 2.55 bits per heavy atom. The van der Waals surface area contributed by atoms with Crippen molar-refractivity contribution in [2.75, 3.05) is 0 Å². The number of non-ortho nitro benzene ring substituents is 1. The van der Waals surface area contributed by atoms with Crippen LogP contribution in [0.3, 0.4) is 0 Å². The molecule has 7 heteroatoms. The van der Waals surface area contributed by atoms with Crippen LogP contribution in [0.1, 0.15) is 5.56 Å². The van der Waals surface area contributed by atoms with Crippen LogP contribution in [-0.4, -0.2) is 4.92 Å². The molecule has 0 spiro atoms. The fraction of sp³-hybridized carbons (Fsp3) is 0.0769. The summed E-state index contributed by atoms with van der Waals surface area (Å²) in [4.78, 5) is 10.3. The Morgan fingerprint density at radius 2 is 1.95 bits per heavy atom. The van der Waals surface area contributed by atoms with E-state index < -0.39 is 4.92 Å². The number of rotatable bonds is 4. The second kappa shape index (κ2) is 6.43. The maximum atomic E-state index is 10.8. The fourth-order valence-electron chi connectivity index (χ4n) is 1.51. The highest BCUT2D eigenvalue weighted by molar-refractivity contribution is 9.10. The molecule has 0 aliphatic carbocycles. The van der Waals surface area contributed by atoms with Crippen molar-refractivity contribution >= 4 is 44.8 Å². The van der Waals surface area contributed by atoms with Crippen molar-refractivity contribution < 1.29 is 9.66 Å². The molecule has 4 nitrogen and oxygen atoms in total. The summed E-state index contributed by atoms with van der Waals surface area (Å²) in [5, 5.41) is 11.2. The third kappa shape index (κ3) is 3.42. The maximum absolute atomic E-state index is 10.8. The molecule has 0 radical (unpaired) electrons. The molecule has 0 heterocycles. The van der Waals surface area contributed by atoms with E-state index in [0.717, 1.165) is 5.56 Å². The van der Waals surface area contributed by atoms with E-state index in [0.29, 0.717) is 26.9 Å². The van der Waals surface area contributed by atoms with Gasteiger partial charge in [0.15, 0.2) is 0 Å². The van der Waals surface area contributed by atoms with Crippen LogP contribution in [0.2, 0.25) is 5.02 Å². The Kier molecular flexibility index (Phi) is 4.86. The highest BCUT2D eigenvalue weighted by Crippen LogP contribution is 2.36. The molecule has 0 saturated heterocycles. The van der Waals surface area contributed by atoms with Crippen LogP contribution in [0.5, 0.6) is 11.5 Å². The van der Waals surface area contributed by atoms with Crippen LogP contribution in [0, 0.1) is 10.1 Å². The molecule has 2 aromatic rings. The Labute approximate surface area is 133 Å². The molecule has 20 heavy (non-hydrogen) atoms. The van der Waals surface area contributed by atoms with Crippen molar-refractivity contribution in [2.45, 2.75) is 5.88 Å². The lowest BCUT2D eigenvalue weighted by Crippen LogP contribution is -1.91. The third-order valence-corrected chi connectivity index (χ3v) is 3.76. The summed E-state index contributed by atoms with van der Waals surface area (Å²) >= 11 is 15.1. The number of alkyl halides is 1. The van der Waals surface area contributed by atoms with Gasteiger partial charge in [0, 0.05) is 11.9 Å². The average molecular weight is 377 g/mol. The first-order chi connectivity index (χ1) is 9.51. The predicted octanol–water partition coefficient (Wildman–Crippen LogP) is 5.54. The average Bonchev–Trinajstić information content (AvgIpc) is 2.42. The normalized spacial score (nSPS) is 10.3. The van der Waals surface area contributed by atoms with Gasteiger partial charge in [-0.25, -0.2) is 0 Å². The lowest BCUT2D eigenvalue weighted by atomic mass is 10.2. The molecule has 0 aliphatic heterocycles. The zero-order valence-electron chi connectivity index (χ0n) is 9.98. The highest BCUT2D eigenvalue weighted by Gasteiger charge is 2.12. The summed E-state index contributed by atoms with van der Waals surface area (Å²) in [5.41, 5.74) is 0.804. The second-order valence-corrected chi connectivity index (χ2v) is 5.40. The van der Waals surface area contributed by atoms with Gasteiger partial charge in [-0.15, -0.1) is 11.6 Å². The third-order valence-electron chi connectivity index (χ3n) is 2.50. The summed E-state index contributed by atoms with van der Waals surface area (Å²) in [7, 11) is 0. The molecule has 0 aromatic heterocycles. The van der Waals surface area contributed by atoms with E-state index >= 15 is 0 Å². The predicted molar refractivity (Wildman–Crippen MR) is 81.9 cm³/mol. The minimum absolute atomic E-state index is 0.0586. The molecule has 0 amide bonds. The van der Waals surface area contributed by atoms with Gasteiger partial charge < -0.3 is 4.74 Å². The van der Waals surface area contributed by atoms with Gasteiger partial charge in [-0.2, -0.15) is 0 Å². The van der Waals surface area contributed by atoms with Gasteiger partial charge >= 0.3 is 0 Å². The van der Waals surface area contributed by atoms with Crippen LogP contribution in [-0.2, 0) is 5.88 Å². The molecule has 0 unspecified atom stereocenters. The van der Waals surface area contributed by atoms with Crippen LogP contribution < -0.4 is 4.74 Å². The lowest BCUT2D eigenvalue weighted by molar-refractivity contribution is -0.384. The van der Waals surface area contributed by atoms with Crippen molar-refractivity contribution in [3.63, 3.8) is 0 Å². The van der Waals surface area contributed by atoms with Gasteiger partial charge in [0.05, 0.1) is 20.5 Å². The van der Waals surface area contributed by atoms with Crippen molar-refractivity contribution in [3.05, 3.63) is 61.6 Å². The first-order valence-electron chi connectivity index (χ1n) is 5.47. The summed E-state index contributed by atoms with van der Waals surface area (Å²) in [6.45, 7) is 0. The van der Waals surface area contributed by atoms with Crippen LogP contribution in [0.25, 0.3) is 0 Å². The zero-order chi connectivity index (χ0) is 14.7. The SMILES string of the molecule is O=[N+]([O-])c1ccc(Br)c(Oc2ccc(CCl)cc2Cl)c1. The molecule has 104 valence electrons. The molecule has 0 fully saturated rings. The van der Waals surface area contributed by atoms with Crippen LogP contribution in [0.15, 0.2) is 40.9 Å². The van der Waals surface area contributed by atoms with E-state index in [1.54, 1.807) is 24.3 Å². The van der Waals surface area contributed by atoms with E-state index in [2.05, 4.69) is 15.9 Å². The Bertz CT molecular complexity index is 664. The second-order valence-electron chi connectivity index (χ2n) is 3.87. The summed E-state index contributed by atoms with van der Waals surface area (Å²) < 4.78 is 6.20. The molecule has 0 bridgehead atoms. The summed E-state index contributed by atoms with van der Waals surface area (Å²) in [6, 6.07) is 9.40. The fourth-order valence-corrected chi connectivity index (χ4v) is 2.25. The van der Waals surface area contributed by atoms with Gasteiger partial charge in [-0.1, -0.05) is 17.7 Å². The van der Waals surface area contributed by atoms with Gasteiger partial charge in [0.1, 0.15) is 11.5 Å². The first kappa shape index (κ1) is 15.1. The van der Waals surface area contributed by atoms with E-state index in [9.17, 15) is 10.1 Å². The number of benzene rings is 2. The molecule has 0 aliphatic rings. The molecule has 0 saturated carbocycles. The molecular weight excluding hydrogens is 369 g/mol. The number of hydrogen-bond acceptors (Lipinski definition) is 3. The quantitative estimate of drug-likeness (QED) is 0.399. The number of hydrogen-bond donors (Lipinski definition) is 0. The van der Waals surface area contributed by atoms with Gasteiger partial charge in [0.2, 0.25) is 0 Å². The van der Waals surface area contributed by atoms with E-state index in [1.165, 1.54) is 12.1 Å². The Morgan fingerprint density at radius 1 is 1.20 bits per heavy atom. The highest BCUT2D eigenvalue weighted by atomic mass is 79.9. The Balaban J connectivity index is 2.34. The van der Waals surface area contributed by atoms with Crippen molar-refractivity contribution in [1.82, 2.24) is 0 Å². The number of nitro benzene ring substituents is 1. The minimum atomic E-state index is -0.489. The van der Waals surface area contributed by atoms with Crippen LogP contribution in [0.4, 0.5) is 5.69 Å². The Hall–Kier alpha value is -1.30. The first-order valence-corrected chi connectivity index (χ1v) is 7.18.